The van der Waals surface area contributed by atoms with E-state index in [9.17, 15) is 8.78 Å². The van der Waals surface area contributed by atoms with Crippen molar-refractivity contribution in [1.82, 2.24) is 0 Å². The molecule has 0 aromatic heterocycles. The van der Waals surface area contributed by atoms with Crippen LogP contribution in [0.5, 0.6) is 0 Å². The molecule has 2 fully saturated rings. The molecule has 0 atom stereocenters. The van der Waals surface area contributed by atoms with E-state index in [1.807, 2.05) is 0 Å². The van der Waals surface area contributed by atoms with Gasteiger partial charge in [-0.05, 0) is 74.2 Å². The molecule has 0 spiro atoms. The van der Waals surface area contributed by atoms with Crippen LogP contribution in [-0.4, -0.2) is 6.61 Å². The maximum Gasteiger partial charge on any atom is 0.200 e. The van der Waals surface area contributed by atoms with Gasteiger partial charge in [-0.3, -0.25) is 0 Å². The summed E-state index contributed by atoms with van der Waals surface area (Å²) < 4.78 is 33.3. The first-order chi connectivity index (χ1) is 13.0. The summed E-state index contributed by atoms with van der Waals surface area (Å²) in [5, 5.41) is 0. The Bertz CT molecular complexity index is 520. The predicted octanol–water partition coefficient (Wildman–Crippen LogP) is 8.05. The van der Waals surface area contributed by atoms with Gasteiger partial charge in [0.15, 0.2) is 17.4 Å². The highest BCUT2D eigenvalue weighted by atomic mass is 19.2. The number of hydrogen-bond donors (Lipinski definition) is 0. The van der Waals surface area contributed by atoms with Gasteiger partial charge in [0.1, 0.15) is 0 Å². The minimum atomic E-state index is -1.00. The first-order valence-electron chi connectivity index (χ1n) is 11.0. The summed E-state index contributed by atoms with van der Waals surface area (Å²) in [4.78, 5) is 0. The van der Waals surface area contributed by atoms with Crippen molar-refractivity contribution in [2.45, 2.75) is 84.5 Å². The molecule has 1 nitrogen and oxygen atoms in total. The fourth-order valence-electron chi connectivity index (χ4n) is 4.90. The molecule has 0 aromatic rings. The van der Waals surface area contributed by atoms with Gasteiger partial charge in [-0.15, -0.1) is 0 Å². The van der Waals surface area contributed by atoms with Crippen molar-refractivity contribution < 1.29 is 13.5 Å². The molecule has 2 aliphatic carbocycles. The average molecular weight is 381 g/mol. The highest BCUT2D eigenvalue weighted by molar-refractivity contribution is 5.32. The molecule has 0 unspecified atom stereocenters. The lowest BCUT2D eigenvalue weighted by Gasteiger charge is -2.37. The van der Waals surface area contributed by atoms with Crippen molar-refractivity contribution in [3.63, 3.8) is 0 Å². The van der Waals surface area contributed by atoms with Gasteiger partial charge in [0.05, 0.1) is 6.61 Å². The molecule has 27 heavy (non-hydrogen) atoms. The van der Waals surface area contributed by atoms with Crippen LogP contribution in [0.4, 0.5) is 8.78 Å². The number of hydrogen-bond acceptors (Lipinski definition) is 1. The topological polar surface area (TPSA) is 9.23 Å². The zero-order chi connectivity index (χ0) is 19.8. The summed E-state index contributed by atoms with van der Waals surface area (Å²) in [6.07, 6.45) is 13.5. The summed E-state index contributed by atoms with van der Waals surface area (Å²) >= 11 is 0. The van der Waals surface area contributed by atoms with E-state index in [4.69, 9.17) is 4.74 Å². The molecular formula is C24H38F2O. The van der Waals surface area contributed by atoms with E-state index in [2.05, 4.69) is 20.1 Å². The molecule has 2 rings (SSSR count). The van der Waals surface area contributed by atoms with Crippen molar-refractivity contribution >= 4 is 0 Å². The average Bonchev–Trinajstić information content (AvgIpc) is 2.71. The molecular weight excluding hydrogens is 342 g/mol. The van der Waals surface area contributed by atoms with Gasteiger partial charge in [-0.25, -0.2) is 4.39 Å². The monoisotopic (exact) mass is 380 g/mol. The first kappa shape index (κ1) is 22.2. The highest BCUT2D eigenvalue weighted by Crippen LogP contribution is 2.42. The third-order valence-corrected chi connectivity index (χ3v) is 6.81. The quantitative estimate of drug-likeness (QED) is 0.290. The molecule has 0 N–H and O–H groups in total. The van der Waals surface area contributed by atoms with Crippen molar-refractivity contribution in [2.24, 2.45) is 23.7 Å². The van der Waals surface area contributed by atoms with E-state index in [0.717, 1.165) is 30.6 Å². The van der Waals surface area contributed by atoms with Gasteiger partial charge >= 0.3 is 0 Å². The van der Waals surface area contributed by atoms with Crippen LogP contribution in [0.1, 0.15) is 84.5 Å². The van der Waals surface area contributed by atoms with E-state index in [0.29, 0.717) is 18.9 Å². The molecule has 0 amide bonds. The van der Waals surface area contributed by atoms with Crippen molar-refractivity contribution in [3.8, 4) is 0 Å². The Labute approximate surface area is 164 Å². The van der Waals surface area contributed by atoms with E-state index in [1.165, 1.54) is 51.4 Å². The largest absolute Gasteiger partial charge is 0.491 e. The van der Waals surface area contributed by atoms with Crippen molar-refractivity contribution in [1.29, 1.82) is 0 Å². The van der Waals surface area contributed by atoms with Crippen LogP contribution in [0.15, 0.2) is 36.1 Å². The zero-order valence-corrected chi connectivity index (χ0v) is 17.4. The number of halogens is 2. The van der Waals surface area contributed by atoms with Crippen LogP contribution >= 0.6 is 0 Å². The Hall–Kier alpha value is -1.12. The maximum atomic E-state index is 14.0. The Kier molecular flexibility index (Phi) is 9.05. The molecule has 0 saturated heterocycles. The number of rotatable bonds is 9. The minimum Gasteiger partial charge on any atom is -0.491 e. The van der Waals surface area contributed by atoms with Gasteiger partial charge in [-0.2, -0.15) is 4.39 Å². The molecule has 0 bridgehead atoms. The van der Waals surface area contributed by atoms with Crippen LogP contribution in [0.2, 0.25) is 0 Å². The summed E-state index contributed by atoms with van der Waals surface area (Å²) in [5.41, 5.74) is 0.145. The molecule has 2 saturated carbocycles. The third kappa shape index (κ3) is 6.47. The second-order valence-corrected chi connectivity index (χ2v) is 8.67. The SMILES string of the molecule is C=C(CC)/C(F)=C(/F)C(=C)OCC1CCC(C2CCC(CCC)CC2)CC1. The van der Waals surface area contributed by atoms with Crippen LogP contribution in [0, 0.1) is 23.7 Å². The third-order valence-electron chi connectivity index (χ3n) is 6.81. The lowest BCUT2D eigenvalue weighted by atomic mass is 9.69. The summed E-state index contributed by atoms with van der Waals surface area (Å²) in [6, 6.07) is 0. The molecule has 154 valence electrons. The van der Waals surface area contributed by atoms with Crippen molar-refractivity contribution in [2.75, 3.05) is 6.61 Å². The highest BCUT2D eigenvalue weighted by Gasteiger charge is 2.31. The van der Waals surface area contributed by atoms with E-state index >= 15 is 0 Å². The summed E-state index contributed by atoms with van der Waals surface area (Å²) in [5.74, 6) is 1.04. The molecule has 0 heterocycles. The maximum absolute atomic E-state index is 14.0. The molecule has 0 aliphatic heterocycles. The van der Waals surface area contributed by atoms with Crippen LogP contribution in [0.3, 0.4) is 0 Å². The molecule has 0 aromatic carbocycles. The van der Waals surface area contributed by atoms with Gasteiger partial charge in [0.2, 0.25) is 0 Å². The van der Waals surface area contributed by atoms with E-state index in [-0.39, 0.29) is 11.3 Å². The Morgan fingerprint density at radius 1 is 0.815 bits per heavy atom. The minimum absolute atomic E-state index is 0.145. The van der Waals surface area contributed by atoms with Crippen molar-refractivity contribution in [3.05, 3.63) is 36.1 Å². The predicted molar refractivity (Wildman–Crippen MR) is 110 cm³/mol. The smallest absolute Gasteiger partial charge is 0.200 e. The van der Waals surface area contributed by atoms with Gasteiger partial charge in [0, 0.05) is 0 Å². The zero-order valence-electron chi connectivity index (χ0n) is 17.4. The first-order valence-corrected chi connectivity index (χ1v) is 11.0. The number of allylic oxidation sites excluding steroid dienone is 3. The van der Waals surface area contributed by atoms with E-state index < -0.39 is 11.7 Å². The summed E-state index contributed by atoms with van der Waals surface area (Å²) in [7, 11) is 0. The standard InChI is InChI=1S/C24H38F2O/c1-5-7-19-8-12-21(13-9-19)22-14-10-20(11-15-22)16-27-18(4)24(26)23(25)17(3)6-2/h19-22H,3-16H2,1-2H3/b24-23-. The second kappa shape index (κ2) is 11.0. The normalized spacial score (nSPS) is 29.8. The summed E-state index contributed by atoms with van der Waals surface area (Å²) in [6.45, 7) is 11.5. The van der Waals surface area contributed by atoms with Crippen LogP contribution in [-0.2, 0) is 4.74 Å². The van der Waals surface area contributed by atoms with Gasteiger partial charge < -0.3 is 4.74 Å². The lowest BCUT2D eigenvalue weighted by molar-refractivity contribution is 0.0980. The fraction of sp³-hybridized carbons (Fsp3) is 0.750. The Balaban J connectivity index is 1.70. The molecule has 0 radical (unpaired) electrons. The van der Waals surface area contributed by atoms with Gasteiger partial charge in [-0.1, -0.05) is 52.7 Å². The van der Waals surface area contributed by atoms with Gasteiger partial charge in [0.25, 0.3) is 0 Å². The Morgan fingerprint density at radius 3 is 1.81 bits per heavy atom. The number of ether oxygens (including phenoxy) is 1. The van der Waals surface area contributed by atoms with Crippen LogP contribution < -0.4 is 0 Å². The van der Waals surface area contributed by atoms with Crippen LogP contribution in [0.25, 0.3) is 0 Å². The lowest BCUT2D eigenvalue weighted by Crippen LogP contribution is -2.27. The fourth-order valence-corrected chi connectivity index (χ4v) is 4.90. The Morgan fingerprint density at radius 2 is 1.33 bits per heavy atom. The molecule has 3 heteroatoms. The van der Waals surface area contributed by atoms with E-state index in [1.54, 1.807) is 6.92 Å². The molecule has 2 aliphatic rings. The second-order valence-electron chi connectivity index (χ2n) is 8.67.